The van der Waals surface area contributed by atoms with Gasteiger partial charge in [-0.15, -0.1) is 0 Å². The molecule has 0 saturated heterocycles. The average molecular weight is 425 g/mol. The number of benzene rings is 2. The smallest absolute Gasteiger partial charge is 0.303 e. The van der Waals surface area contributed by atoms with E-state index < -0.39 is 16.0 Å². The van der Waals surface area contributed by atoms with Crippen LogP contribution in [0.2, 0.25) is 0 Å². The van der Waals surface area contributed by atoms with Crippen LogP contribution in [0.1, 0.15) is 42.0 Å². The van der Waals surface area contributed by atoms with Gasteiger partial charge in [-0.25, -0.2) is 8.42 Å². The first-order valence-corrected chi connectivity index (χ1v) is 10.5. The molecule has 6 nitrogen and oxygen atoms in total. The molecule has 152 valence electrons. The van der Waals surface area contributed by atoms with Crippen molar-refractivity contribution in [2.24, 2.45) is 0 Å². The Kier molecular flexibility index (Phi) is 7.09. The molecule has 0 amide bonds. The number of halogens is 1. The van der Waals surface area contributed by atoms with Crippen LogP contribution in [0.3, 0.4) is 0 Å². The fourth-order valence-corrected chi connectivity index (χ4v) is 5.11. The number of carboxylic acids is 1. The minimum absolute atomic E-state index is 0. The predicted molar refractivity (Wildman–Crippen MR) is 103 cm³/mol. The molecule has 3 rings (SSSR count). The minimum atomic E-state index is -3.64. The Morgan fingerprint density at radius 2 is 1.86 bits per heavy atom. The molecule has 2 aromatic carbocycles. The lowest BCUT2D eigenvalue weighted by molar-refractivity contribution is -0.687. The second-order valence-corrected chi connectivity index (χ2v) is 8.86. The van der Waals surface area contributed by atoms with E-state index >= 15 is 0 Å². The maximum absolute atomic E-state index is 13.2. The molecule has 3 N–H and O–H groups in total. The van der Waals surface area contributed by atoms with E-state index in [0.717, 1.165) is 29.7 Å². The zero-order chi connectivity index (χ0) is 19.6. The van der Waals surface area contributed by atoms with Gasteiger partial charge in [0.1, 0.15) is 6.04 Å². The van der Waals surface area contributed by atoms with Gasteiger partial charge in [-0.2, -0.15) is 0 Å². The quantitative estimate of drug-likeness (QED) is 0.585. The van der Waals surface area contributed by atoms with Crippen LogP contribution in [-0.2, 0) is 14.8 Å². The number of sulfonamides is 1. The Hall–Kier alpha value is -2.09. The van der Waals surface area contributed by atoms with Gasteiger partial charge in [0.2, 0.25) is 0 Å². The zero-order valence-corrected chi connectivity index (χ0v) is 17.5. The second kappa shape index (κ2) is 8.94. The fourth-order valence-electron chi connectivity index (χ4n) is 3.56. The summed E-state index contributed by atoms with van der Waals surface area (Å²) in [4.78, 5) is 11.0. The van der Waals surface area contributed by atoms with Crippen LogP contribution < -0.4 is 22.0 Å². The molecule has 0 bridgehead atoms. The van der Waals surface area contributed by atoms with E-state index in [4.69, 9.17) is 5.11 Å². The second-order valence-electron chi connectivity index (χ2n) is 6.93. The maximum atomic E-state index is 13.2. The van der Waals surface area contributed by atoms with Crippen LogP contribution in [0.25, 0.3) is 0 Å². The number of para-hydroxylation sites is 1. The highest BCUT2D eigenvalue weighted by Gasteiger charge is 2.36. The van der Waals surface area contributed by atoms with Crippen molar-refractivity contribution in [1.29, 1.82) is 0 Å². The topological polar surface area (TPSA) is 91.3 Å². The zero-order valence-electron chi connectivity index (χ0n) is 15.9. The molecule has 0 aliphatic carbocycles. The van der Waals surface area contributed by atoms with Crippen molar-refractivity contribution in [2.45, 2.75) is 37.1 Å². The number of aryl methyl sites for hydroxylation is 1. The fraction of sp³-hybridized carbons (Fsp3) is 0.350. The van der Waals surface area contributed by atoms with E-state index in [0.29, 0.717) is 17.0 Å². The minimum Gasteiger partial charge on any atom is -1.00 e. The van der Waals surface area contributed by atoms with E-state index in [1.165, 1.54) is 4.31 Å². The first-order chi connectivity index (χ1) is 12.8. The third-order valence-electron chi connectivity index (χ3n) is 5.00. The van der Waals surface area contributed by atoms with Crippen molar-refractivity contribution in [1.82, 2.24) is 0 Å². The Morgan fingerprint density at radius 1 is 1.14 bits per heavy atom. The summed E-state index contributed by atoms with van der Waals surface area (Å²) in [6.07, 6.45) is 1.52. The molecule has 1 aliphatic rings. The third kappa shape index (κ3) is 4.32. The number of nitrogens with two attached hydrogens (primary N) is 1. The van der Waals surface area contributed by atoms with Crippen LogP contribution in [0.4, 0.5) is 5.69 Å². The van der Waals surface area contributed by atoms with Crippen molar-refractivity contribution < 1.29 is 36.0 Å². The molecule has 1 atom stereocenters. The number of anilines is 1. The Bertz CT molecular complexity index is 962. The number of carbonyl (C=O) groups is 1. The Morgan fingerprint density at radius 3 is 2.57 bits per heavy atom. The van der Waals surface area contributed by atoms with E-state index in [-0.39, 0.29) is 24.9 Å². The molecule has 0 fully saturated rings. The highest BCUT2D eigenvalue weighted by molar-refractivity contribution is 7.92. The average Bonchev–Trinajstić information content (AvgIpc) is 2.70. The van der Waals surface area contributed by atoms with E-state index in [1.807, 2.05) is 43.3 Å². The number of aliphatic carboxylic acids is 1. The van der Waals surface area contributed by atoms with Crippen LogP contribution in [0.5, 0.6) is 0 Å². The maximum Gasteiger partial charge on any atom is 0.303 e. The van der Waals surface area contributed by atoms with E-state index in [1.54, 1.807) is 13.1 Å². The summed E-state index contributed by atoms with van der Waals surface area (Å²) < 4.78 is 27.7. The normalized spacial score (nSPS) is 17.1. The SMILES string of the molecule is Cc1ccc2c(c1)S(=O)(=O)N(C)c1ccccc1C2[NH2+]CCCCC(=O)O.[Cl-]. The molecule has 0 aromatic heterocycles. The summed E-state index contributed by atoms with van der Waals surface area (Å²) in [7, 11) is -2.04. The lowest BCUT2D eigenvalue weighted by Gasteiger charge is -2.20. The number of unbranched alkanes of at least 4 members (excludes halogenated alkanes) is 1. The predicted octanol–water partition coefficient (Wildman–Crippen LogP) is -0.955. The van der Waals surface area contributed by atoms with Gasteiger partial charge in [0, 0.05) is 24.6 Å². The molecule has 2 aromatic rings. The van der Waals surface area contributed by atoms with E-state index in [9.17, 15) is 13.2 Å². The molecule has 0 saturated carbocycles. The Balaban J connectivity index is 0.00000280. The van der Waals surface area contributed by atoms with Gasteiger partial charge in [0.15, 0.2) is 0 Å². The van der Waals surface area contributed by atoms with Gasteiger partial charge < -0.3 is 22.8 Å². The lowest BCUT2D eigenvalue weighted by Crippen LogP contribution is -3.00. The van der Waals surface area contributed by atoms with Crippen molar-refractivity contribution in [3.63, 3.8) is 0 Å². The number of nitrogens with zero attached hydrogens (tertiary/aromatic N) is 1. The van der Waals surface area contributed by atoms with Crippen LogP contribution in [0.15, 0.2) is 47.4 Å². The third-order valence-corrected chi connectivity index (χ3v) is 6.83. The van der Waals surface area contributed by atoms with Crippen LogP contribution >= 0.6 is 0 Å². The highest BCUT2D eigenvalue weighted by Crippen LogP contribution is 2.38. The summed E-state index contributed by atoms with van der Waals surface area (Å²) in [5.74, 6) is -0.789. The molecule has 1 aliphatic heterocycles. The number of hydrogen-bond acceptors (Lipinski definition) is 3. The molecule has 0 spiro atoms. The van der Waals surface area contributed by atoms with Crippen molar-refractivity contribution in [2.75, 3.05) is 17.9 Å². The first kappa shape index (κ1) is 22.2. The largest absolute Gasteiger partial charge is 1.00 e. The van der Waals surface area contributed by atoms with Crippen molar-refractivity contribution >= 4 is 21.7 Å². The Labute approximate surface area is 172 Å². The van der Waals surface area contributed by atoms with Gasteiger partial charge in [0.05, 0.1) is 17.1 Å². The number of fused-ring (bicyclic) bond motifs is 2. The molecular formula is C20H25ClN2O4S. The standard InChI is InChI=1S/C20H24N2O4S.ClH/c1-14-10-11-16-18(13-14)27(25,26)22(2)17-8-4-3-7-15(17)20(16)21-12-6-5-9-19(23)24;/h3-4,7-8,10-11,13,20-21H,5-6,9,12H2,1-2H3,(H,23,24);1H. The molecule has 0 radical (unpaired) electrons. The first-order valence-electron chi connectivity index (χ1n) is 9.06. The van der Waals surface area contributed by atoms with Crippen LogP contribution in [0, 0.1) is 6.92 Å². The molecule has 1 heterocycles. The number of quaternary nitrogens is 1. The lowest BCUT2D eigenvalue weighted by atomic mass is 9.96. The van der Waals surface area contributed by atoms with Gasteiger partial charge in [-0.3, -0.25) is 9.10 Å². The molecule has 28 heavy (non-hydrogen) atoms. The van der Waals surface area contributed by atoms with Gasteiger partial charge in [0.25, 0.3) is 10.0 Å². The van der Waals surface area contributed by atoms with Gasteiger partial charge in [-0.05, 0) is 37.5 Å². The monoisotopic (exact) mass is 424 g/mol. The summed E-state index contributed by atoms with van der Waals surface area (Å²) in [5, 5.41) is 10.9. The molecular weight excluding hydrogens is 400 g/mol. The summed E-state index contributed by atoms with van der Waals surface area (Å²) in [6, 6.07) is 13.0. The van der Waals surface area contributed by atoms with Crippen LogP contribution in [-0.4, -0.2) is 33.1 Å². The number of carboxylic acid groups (broad SMARTS) is 1. The summed E-state index contributed by atoms with van der Waals surface area (Å²) >= 11 is 0. The summed E-state index contributed by atoms with van der Waals surface area (Å²) in [6.45, 7) is 2.61. The van der Waals surface area contributed by atoms with Crippen molar-refractivity contribution in [3.8, 4) is 0 Å². The van der Waals surface area contributed by atoms with Crippen molar-refractivity contribution in [3.05, 3.63) is 59.2 Å². The highest BCUT2D eigenvalue weighted by atomic mass is 35.5. The number of rotatable bonds is 6. The number of hydrogen-bond donors (Lipinski definition) is 2. The molecule has 8 heteroatoms. The van der Waals surface area contributed by atoms with Gasteiger partial charge >= 0.3 is 5.97 Å². The summed E-state index contributed by atoms with van der Waals surface area (Å²) in [5.41, 5.74) is 3.30. The van der Waals surface area contributed by atoms with Gasteiger partial charge in [-0.1, -0.05) is 30.3 Å². The van der Waals surface area contributed by atoms with E-state index in [2.05, 4.69) is 5.32 Å². The molecule has 1 unspecified atom stereocenters.